The fraction of sp³-hybridized carbons (Fsp3) is 0.529. The molecule has 2 rings (SSSR count). The zero-order valence-corrected chi connectivity index (χ0v) is 14.8. The maximum Gasteiger partial charge on any atom is 0.432 e. The smallest absolute Gasteiger partial charge is 0.362 e. The second-order valence-electron chi connectivity index (χ2n) is 7.74. The first-order valence-corrected chi connectivity index (χ1v) is 7.69. The van der Waals surface area contributed by atoms with Crippen LogP contribution in [-0.2, 0) is 6.18 Å². The standard InChI is InChI=1S/C17H23F3N4/c1-15(2,3)24(16(4,5)6)11-7-8-21-12(9-11)13-10-14(23-22-13)17(18,19)20/h7-10H,1-6H3,(H,22,23). The van der Waals surface area contributed by atoms with Crippen LogP contribution < -0.4 is 4.90 Å². The van der Waals surface area contributed by atoms with Crippen LogP contribution in [0, 0.1) is 0 Å². The van der Waals surface area contributed by atoms with Gasteiger partial charge in [0.2, 0.25) is 0 Å². The molecule has 0 radical (unpaired) electrons. The Kier molecular flexibility index (Phi) is 4.41. The van der Waals surface area contributed by atoms with Crippen LogP contribution in [0.5, 0.6) is 0 Å². The number of hydrogen-bond donors (Lipinski definition) is 1. The molecule has 4 nitrogen and oxygen atoms in total. The van der Waals surface area contributed by atoms with Crippen molar-refractivity contribution in [1.29, 1.82) is 0 Å². The molecular formula is C17H23F3N4. The third-order valence-corrected chi connectivity index (χ3v) is 3.49. The quantitative estimate of drug-likeness (QED) is 0.846. The topological polar surface area (TPSA) is 44.8 Å². The highest BCUT2D eigenvalue weighted by atomic mass is 19.4. The fourth-order valence-electron chi connectivity index (χ4n) is 3.08. The number of aromatic amines is 1. The molecule has 0 amide bonds. The molecule has 0 saturated carbocycles. The van der Waals surface area contributed by atoms with Crippen molar-refractivity contribution in [3.05, 3.63) is 30.1 Å². The number of H-pyrrole nitrogens is 1. The third kappa shape index (κ3) is 3.88. The van der Waals surface area contributed by atoms with Crippen LogP contribution >= 0.6 is 0 Å². The first-order chi connectivity index (χ1) is 10.8. The van der Waals surface area contributed by atoms with Crippen molar-refractivity contribution in [1.82, 2.24) is 15.2 Å². The van der Waals surface area contributed by atoms with Gasteiger partial charge < -0.3 is 4.90 Å². The third-order valence-electron chi connectivity index (χ3n) is 3.49. The number of rotatable bonds is 2. The van der Waals surface area contributed by atoms with Crippen molar-refractivity contribution in [2.45, 2.75) is 58.8 Å². The molecule has 2 aromatic rings. The lowest BCUT2D eigenvalue weighted by molar-refractivity contribution is -0.141. The molecule has 0 atom stereocenters. The van der Waals surface area contributed by atoms with Crippen LogP contribution in [-0.4, -0.2) is 26.3 Å². The van der Waals surface area contributed by atoms with Gasteiger partial charge in [0.1, 0.15) is 11.4 Å². The summed E-state index contributed by atoms with van der Waals surface area (Å²) in [7, 11) is 0. The average Bonchev–Trinajstić information content (AvgIpc) is 2.84. The molecule has 1 N–H and O–H groups in total. The number of alkyl halides is 3. The Bertz CT molecular complexity index is 692. The first-order valence-electron chi connectivity index (χ1n) is 7.69. The largest absolute Gasteiger partial charge is 0.432 e. The van der Waals surface area contributed by atoms with E-state index in [2.05, 4.69) is 56.5 Å². The Labute approximate surface area is 140 Å². The van der Waals surface area contributed by atoms with E-state index in [1.807, 2.05) is 11.2 Å². The Hall–Kier alpha value is -2.05. The second kappa shape index (κ2) is 5.79. The van der Waals surface area contributed by atoms with Crippen LogP contribution in [0.25, 0.3) is 11.4 Å². The number of nitrogens with one attached hydrogen (secondary N) is 1. The van der Waals surface area contributed by atoms with Crippen LogP contribution in [0.15, 0.2) is 24.4 Å². The van der Waals surface area contributed by atoms with Gasteiger partial charge in [0.25, 0.3) is 0 Å². The fourth-order valence-corrected chi connectivity index (χ4v) is 3.08. The van der Waals surface area contributed by atoms with E-state index in [9.17, 15) is 13.2 Å². The molecule has 2 heterocycles. The predicted octanol–water partition coefficient (Wildman–Crippen LogP) is 4.89. The van der Waals surface area contributed by atoms with E-state index < -0.39 is 11.9 Å². The molecule has 0 saturated heterocycles. The number of pyridine rings is 1. The van der Waals surface area contributed by atoms with Crippen molar-refractivity contribution in [3.8, 4) is 11.4 Å². The number of nitrogens with zero attached hydrogens (tertiary/aromatic N) is 3. The summed E-state index contributed by atoms with van der Waals surface area (Å²) in [6.07, 6.45) is -2.86. The zero-order chi connectivity index (χ0) is 18.3. The maximum absolute atomic E-state index is 12.7. The van der Waals surface area contributed by atoms with Crippen molar-refractivity contribution in [3.63, 3.8) is 0 Å². The molecule has 0 aliphatic carbocycles. The summed E-state index contributed by atoms with van der Waals surface area (Å²) in [4.78, 5) is 6.39. The maximum atomic E-state index is 12.7. The van der Waals surface area contributed by atoms with Gasteiger partial charge in [-0.25, -0.2) is 0 Å². The summed E-state index contributed by atoms with van der Waals surface area (Å²) in [5, 5.41) is 5.78. The number of anilines is 1. The monoisotopic (exact) mass is 340 g/mol. The van der Waals surface area contributed by atoms with Gasteiger partial charge in [0, 0.05) is 23.0 Å². The minimum Gasteiger partial charge on any atom is -0.362 e. The zero-order valence-electron chi connectivity index (χ0n) is 14.8. The minimum absolute atomic E-state index is 0.167. The molecule has 0 fully saturated rings. The Morgan fingerprint density at radius 2 is 1.50 bits per heavy atom. The van der Waals surface area contributed by atoms with Crippen LogP contribution in [0.4, 0.5) is 18.9 Å². The molecule has 24 heavy (non-hydrogen) atoms. The van der Waals surface area contributed by atoms with Crippen LogP contribution in [0.1, 0.15) is 47.2 Å². The van der Waals surface area contributed by atoms with Gasteiger partial charge in [0.05, 0.1) is 5.69 Å². The Morgan fingerprint density at radius 3 is 1.96 bits per heavy atom. The Morgan fingerprint density at radius 1 is 0.917 bits per heavy atom. The molecular weight excluding hydrogens is 317 g/mol. The van der Waals surface area contributed by atoms with Crippen molar-refractivity contribution >= 4 is 5.69 Å². The SMILES string of the molecule is CC(C)(C)N(c1ccnc(-c2cc(C(F)(F)F)[nH]n2)c1)C(C)(C)C. The second-order valence-corrected chi connectivity index (χ2v) is 7.74. The lowest BCUT2D eigenvalue weighted by atomic mass is 9.94. The molecule has 7 heteroatoms. The summed E-state index contributed by atoms with van der Waals surface area (Å²) in [5.41, 5.74) is 0.244. The predicted molar refractivity (Wildman–Crippen MR) is 88.8 cm³/mol. The number of halogens is 3. The van der Waals surface area contributed by atoms with E-state index in [-0.39, 0.29) is 16.8 Å². The number of hydrogen-bond acceptors (Lipinski definition) is 3. The van der Waals surface area contributed by atoms with Crippen molar-refractivity contribution < 1.29 is 13.2 Å². The molecule has 0 aliphatic heterocycles. The molecule has 132 valence electrons. The van der Waals surface area contributed by atoms with Gasteiger partial charge in [-0.3, -0.25) is 10.1 Å². The molecule has 2 aromatic heterocycles. The van der Waals surface area contributed by atoms with Crippen molar-refractivity contribution in [2.24, 2.45) is 0 Å². The molecule has 0 aliphatic rings. The first kappa shape index (κ1) is 18.3. The van der Waals surface area contributed by atoms with E-state index in [1.54, 1.807) is 12.3 Å². The highest BCUT2D eigenvalue weighted by Gasteiger charge is 2.34. The summed E-state index contributed by atoms with van der Waals surface area (Å²) >= 11 is 0. The van der Waals surface area contributed by atoms with Crippen LogP contribution in [0.2, 0.25) is 0 Å². The van der Waals surface area contributed by atoms with Gasteiger partial charge in [-0.15, -0.1) is 0 Å². The summed E-state index contributed by atoms with van der Waals surface area (Å²) in [5.74, 6) is 0. The number of aromatic nitrogens is 3. The highest BCUT2D eigenvalue weighted by Crippen LogP contribution is 2.34. The van der Waals surface area contributed by atoms with Gasteiger partial charge >= 0.3 is 6.18 Å². The lowest BCUT2D eigenvalue weighted by Crippen LogP contribution is -2.53. The van der Waals surface area contributed by atoms with Gasteiger partial charge in [-0.2, -0.15) is 18.3 Å². The molecule has 0 spiro atoms. The van der Waals surface area contributed by atoms with Crippen LogP contribution in [0.3, 0.4) is 0 Å². The van der Waals surface area contributed by atoms with Gasteiger partial charge in [-0.05, 0) is 59.7 Å². The van der Waals surface area contributed by atoms with Gasteiger partial charge in [0.15, 0.2) is 0 Å². The van der Waals surface area contributed by atoms with E-state index >= 15 is 0 Å². The normalized spacial score (nSPS) is 13.2. The van der Waals surface area contributed by atoms with E-state index in [0.717, 1.165) is 11.8 Å². The average molecular weight is 340 g/mol. The van der Waals surface area contributed by atoms with Gasteiger partial charge in [-0.1, -0.05) is 0 Å². The van der Waals surface area contributed by atoms with E-state index in [1.165, 1.54) is 0 Å². The lowest BCUT2D eigenvalue weighted by Gasteiger charge is -2.47. The molecule has 0 unspecified atom stereocenters. The molecule has 0 aromatic carbocycles. The molecule has 0 bridgehead atoms. The van der Waals surface area contributed by atoms with E-state index in [4.69, 9.17) is 0 Å². The van der Waals surface area contributed by atoms with Crippen molar-refractivity contribution in [2.75, 3.05) is 4.90 Å². The van der Waals surface area contributed by atoms with E-state index in [0.29, 0.717) is 5.69 Å². The summed E-state index contributed by atoms with van der Waals surface area (Å²) in [6, 6.07) is 4.61. The summed E-state index contributed by atoms with van der Waals surface area (Å²) < 4.78 is 38.2. The summed E-state index contributed by atoms with van der Waals surface area (Å²) in [6.45, 7) is 12.6. The minimum atomic E-state index is -4.45. The highest BCUT2D eigenvalue weighted by molar-refractivity contribution is 5.63. The Balaban J connectivity index is 2.47.